The number of benzene rings is 1. The number of rotatable bonds is 4. The Morgan fingerprint density at radius 1 is 1.44 bits per heavy atom. The van der Waals surface area contributed by atoms with Gasteiger partial charge in [0.2, 0.25) is 0 Å². The first-order valence-corrected chi connectivity index (χ1v) is 6.68. The SMILES string of the molecule is CC(C)C1CC(CN)(N(C)c2cccc(F)c2)C1. The van der Waals surface area contributed by atoms with Gasteiger partial charge in [-0.3, -0.25) is 0 Å². The van der Waals surface area contributed by atoms with Crippen molar-refractivity contribution in [3.8, 4) is 0 Å². The first-order chi connectivity index (χ1) is 8.48. The minimum absolute atomic E-state index is 0.0166. The van der Waals surface area contributed by atoms with Gasteiger partial charge in [-0.05, 0) is 42.9 Å². The normalized spacial score (nSPS) is 27.1. The molecule has 0 aliphatic heterocycles. The molecule has 2 nitrogen and oxygen atoms in total. The van der Waals surface area contributed by atoms with E-state index >= 15 is 0 Å². The van der Waals surface area contributed by atoms with Crippen LogP contribution in [0.4, 0.5) is 10.1 Å². The van der Waals surface area contributed by atoms with Gasteiger partial charge >= 0.3 is 0 Å². The fourth-order valence-corrected chi connectivity index (χ4v) is 2.92. The van der Waals surface area contributed by atoms with Crippen LogP contribution in [0.3, 0.4) is 0 Å². The lowest BCUT2D eigenvalue weighted by Gasteiger charge is -2.55. The second kappa shape index (κ2) is 4.88. The molecular weight excluding hydrogens is 227 g/mol. The summed E-state index contributed by atoms with van der Waals surface area (Å²) >= 11 is 0. The van der Waals surface area contributed by atoms with Crippen molar-refractivity contribution in [1.29, 1.82) is 0 Å². The maximum atomic E-state index is 13.3. The number of likely N-dealkylation sites (N-methyl/N-ethyl adjacent to an activating group) is 1. The topological polar surface area (TPSA) is 29.3 Å². The third-order valence-corrected chi connectivity index (χ3v) is 4.51. The molecule has 3 heteroatoms. The Hall–Kier alpha value is -1.09. The molecule has 0 unspecified atom stereocenters. The highest BCUT2D eigenvalue weighted by Gasteiger charge is 2.47. The monoisotopic (exact) mass is 250 g/mol. The van der Waals surface area contributed by atoms with Gasteiger partial charge in [-0.1, -0.05) is 19.9 Å². The van der Waals surface area contributed by atoms with Crippen LogP contribution < -0.4 is 10.6 Å². The van der Waals surface area contributed by atoms with Crippen LogP contribution in [0.1, 0.15) is 26.7 Å². The Bertz CT molecular complexity index is 411. The van der Waals surface area contributed by atoms with Gasteiger partial charge < -0.3 is 10.6 Å². The highest BCUT2D eigenvalue weighted by molar-refractivity contribution is 5.49. The van der Waals surface area contributed by atoms with Crippen LogP contribution in [0, 0.1) is 17.7 Å². The number of anilines is 1. The van der Waals surface area contributed by atoms with Gasteiger partial charge in [0.05, 0.1) is 5.54 Å². The molecule has 1 aromatic carbocycles. The lowest BCUT2D eigenvalue weighted by Crippen LogP contribution is -2.61. The highest BCUT2D eigenvalue weighted by Crippen LogP contribution is 2.46. The molecule has 18 heavy (non-hydrogen) atoms. The summed E-state index contributed by atoms with van der Waals surface area (Å²) in [6, 6.07) is 6.76. The minimum Gasteiger partial charge on any atom is -0.368 e. The fourth-order valence-electron chi connectivity index (χ4n) is 2.92. The van der Waals surface area contributed by atoms with E-state index in [1.165, 1.54) is 6.07 Å². The largest absolute Gasteiger partial charge is 0.368 e. The molecule has 1 aliphatic rings. The van der Waals surface area contributed by atoms with Crippen molar-refractivity contribution in [3.05, 3.63) is 30.1 Å². The van der Waals surface area contributed by atoms with Gasteiger partial charge in [0.1, 0.15) is 5.82 Å². The Morgan fingerprint density at radius 3 is 2.61 bits per heavy atom. The van der Waals surface area contributed by atoms with Gasteiger partial charge in [-0.25, -0.2) is 4.39 Å². The average Bonchev–Trinajstić information content (AvgIpc) is 2.27. The van der Waals surface area contributed by atoms with Crippen molar-refractivity contribution < 1.29 is 4.39 Å². The van der Waals surface area contributed by atoms with E-state index in [-0.39, 0.29) is 11.4 Å². The fraction of sp³-hybridized carbons (Fsp3) is 0.600. The zero-order valence-electron chi connectivity index (χ0n) is 11.5. The van der Waals surface area contributed by atoms with Crippen LogP contribution in [0.5, 0.6) is 0 Å². The Kier molecular flexibility index (Phi) is 3.62. The summed E-state index contributed by atoms with van der Waals surface area (Å²) < 4.78 is 13.3. The van der Waals surface area contributed by atoms with E-state index in [1.807, 2.05) is 13.1 Å². The molecule has 1 saturated carbocycles. The van der Waals surface area contributed by atoms with E-state index in [4.69, 9.17) is 5.73 Å². The molecule has 1 fully saturated rings. The van der Waals surface area contributed by atoms with Crippen LogP contribution in [0.15, 0.2) is 24.3 Å². The molecule has 0 spiro atoms. The molecule has 2 rings (SSSR count). The molecule has 0 radical (unpaired) electrons. The first-order valence-electron chi connectivity index (χ1n) is 6.68. The summed E-state index contributed by atoms with van der Waals surface area (Å²) in [4.78, 5) is 2.16. The Labute approximate surface area is 109 Å². The van der Waals surface area contributed by atoms with Crippen LogP contribution in [0.2, 0.25) is 0 Å². The lowest BCUT2D eigenvalue weighted by molar-refractivity contribution is 0.107. The van der Waals surface area contributed by atoms with Crippen molar-refractivity contribution >= 4 is 5.69 Å². The van der Waals surface area contributed by atoms with Crippen LogP contribution in [0.25, 0.3) is 0 Å². The summed E-state index contributed by atoms with van der Waals surface area (Å²) in [6.07, 6.45) is 2.21. The van der Waals surface area contributed by atoms with E-state index in [0.29, 0.717) is 12.5 Å². The lowest BCUT2D eigenvalue weighted by atomic mass is 9.63. The van der Waals surface area contributed by atoms with Crippen molar-refractivity contribution in [2.45, 2.75) is 32.2 Å². The Morgan fingerprint density at radius 2 is 2.11 bits per heavy atom. The van der Waals surface area contributed by atoms with Gasteiger partial charge in [-0.2, -0.15) is 0 Å². The van der Waals surface area contributed by atoms with Gasteiger partial charge in [0, 0.05) is 19.3 Å². The smallest absolute Gasteiger partial charge is 0.125 e. The van der Waals surface area contributed by atoms with E-state index in [1.54, 1.807) is 12.1 Å². The quantitative estimate of drug-likeness (QED) is 0.890. The summed E-state index contributed by atoms with van der Waals surface area (Å²) in [5.74, 6) is 1.25. The molecule has 0 atom stereocenters. The molecule has 1 aliphatic carbocycles. The summed E-state index contributed by atoms with van der Waals surface area (Å²) in [7, 11) is 2.03. The Balaban J connectivity index is 2.15. The highest BCUT2D eigenvalue weighted by atomic mass is 19.1. The number of hydrogen-bond donors (Lipinski definition) is 1. The average molecular weight is 250 g/mol. The predicted octanol–water partition coefficient (Wildman–Crippen LogP) is 3.03. The van der Waals surface area contributed by atoms with E-state index in [2.05, 4.69) is 18.7 Å². The molecule has 1 aromatic rings. The van der Waals surface area contributed by atoms with E-state index in [0.717, 1.165) is 24.4 Å². The van der Waals surface area contributed by atoms with Crippen LogP contribution in [-0.4, -0.2) is 19.1 Å². The van der Waals surface area contributed by atoms with E-state index in [9.17, 15) is 4.39 Å². The van der Waals surface area contributed by atoms with Crippen molar-refractivity contribution in [1.82, 2.24) is 0 Å². The predicted molar refractivity (Wildman–Crippen MR) is 74.2 cm³/mol. The zero-order valence-corrected chi connectivity index (χ0v) is 11.5. The van der Waals surface area contributed by atoms with Gasteiger partial charge in [0.15, 0.2) is 0 Å². The van der Waals surface area contributed by atoms with Crippen molar-refractivity contribution in [3.63, 3.8) is 0 Å². The second-order valence-electron chi connectivity index (χ2n) is 5.88. The molecule has 0 aromatic heterocycles. The zero-order chi connectivity index (χ0) is 13.3. The number of nitrogens with zero attached hydrogens (tertiary/aromatic N) is 1. The molecule has 100 valence electrons. The number of hydrogen-bond acceptors (Lipinski definition) is 2. The molecule has 0 amide bonds. The maximum Gasteiger partial charge on any atom is 0.125 e. The first kappa shape index (κ1) is 13.3. The third-order valence-electron chi connectivity index (χ3n) is 4.51. The standard InChI is InChI=1S/C15H23FN2/c1-11(2)12-8-15(9-12,10-17)18(3)14-6-4-5-13(16)7-14/h4-7,11-12H,8-10,17H2,1-3H3. The molecule has 0 heterocycles. The van der Waals surface area contributed by atoms with Crippen LogP contribution in [-0.2, 0) is 0 Å². The van der Waals surface area contributed by atoms with Gasteiger partial charge in [0.25, 0.3) is 0 Å². The third kappa shape index (κ3) is 2.24. The van der Waals surface area contributed by atoms with Crippen molar-refractivity contribution in [2.75, 3.05) is 18.5 Å². The summed E-state index contributed by atoms with van der Waals surface area (Å²) in [5.41, 5.74) is 6.91. The molecular formula is C15H23FN2. The van der Waals surface area contributed by atoms with E-state index < -0.39 is 0 Å². The molecule has 2 N–H and O–H groups in total. The second-order valence-corrected chi connectivity index (χ2v) is 5.88. The van der Waals surface area contributed by atoms with Crippen LogP contribution >= 0.6 is 0 Å². The number of nitrogens with two attached hydrogens (primary N) is 1. The minimum atomic E-state index is -0.189. The number of halogens is 1. The van der Waals surface area contributed by atoms with Gasteiger partial charge in [-0.15, -0.1) is 0 Å². The maximum absolute atomic E-state index is 13.3. The molecule has 0 saturated heterocycles. The van der Waals surface area contributed by atoms with Crippen molar-refractivity contribution in [2.24, 2.45) is 17.6 Å². The summed E-state index contributed by atoms with van der Waals surface area (Å²) in [5, 5.41) is 0. The summed E-state index contributed by atoms with van der Waals surface area (Å²) in [6.45, 7) is 5.14. The molecule has 0 bridgehead atoms.